The van der Waals surface area contributed by atoms with Crippen molar-refractivity contribution in [1.29, 1.82) is 0 Å². The van der Waals surface area contributed by atoms with Crippen molar-refractivity contribution in [2.24, 2.45) is 7.05 Å². The van der Waals surface area contributed by atoms with Crippen LogP contribution in [0.25, 0.3) is 17.2 Å². The number of hydrogen-bond donors (Lipinski definition) is 1. The minimum atomic E-state index is -0.0682. The van der Waals surface area contributed by atoms with Gasteiger partial charge in [0.25, 0.3) is 0 Å². The van der Waals surface area contributed by atoms with E-state index in [1.54, 1.807) is 10.8 Å². The molecular weight excluding hydrogens is 322 g/mol. The highest BCUT2D eigenvalue weighted by Crippen LogP contribution is 2.20. The fourth-order valence-corrected chi connectivity index (χ4v) is 2.79. The third kappa shape index (κ3) is 5.18. The van der Waals surface area contributed by atoms with Crippen molar-refractivity contribution >= 4 is 12.0 Å². The molecule has 2 aromatic carbocycles. The summed E-state index contributed by atoms with van der Waals surface area (Å²) in [4.78, 5) is 12.0. The Hall–Kier alpha value is -3.14. The van der Waals surface area contributed by atoms with Crippen LogP contribution in [0.2, 0.25) is 0 Å². The lowest BCUT2D eigenvalue weighted by Crippen LogP contribution is -2.22. The van der Waals surface area contributed by atoms with E-state index in [1.807, 2.05) is 55.8 Å². The van der Waals surface area contributed by atoms with Gasteiger partial charge in [-0.3, -0.25) is 9.48 Å². The molecule has 1 amide bonds. The van der Waals surface area contributed by atoms with Crippen LogP contribution in [0.15, 0.2) is 73.1 Å². The third-order valence-electron chi connectivity index (χ3n) is 4.12. The zero-order valence-electron chi connectivity index (χ0n) is 14.9. The Morgan fingerprint density at radius 3 is 2.69 bits per heavy atom. The van der Waals surface area contributed by atoms with E-state index in [-0.39, 0.29) is 5.91 Å². The van der Waals surface area contributed by atoms with Gasteiger partial charge in [-0.1, -0.05) is 48.5 Å². The number of aromatic nitrogens is 2. The quantitative estimate of drug-likeness (QED) is 0.522. The van der Waals surface area contributed by atoms with Crippen molar-refractivity contribution in [2.45, 2.75) is 12.8 Å². The molecule has 1 heterocycles. The van der Waals surface area contributed by atoms with Crippen LogP contribution >= 0.6 is 0 Å². The molecular formula is C22H23N3O. The zero-order valence-corrected chi connectivity index (χ0v) is 14.9. The predicted molar refractivity (Wildman–Crippen MR) is 105 cm³/mol. The van der Waals surface area contributed by atoms with E-state index in [1.165, 1.54) is 11.1 Å². The number of hydrogen-bond acceptors (Lipinski definition) is 2. The molecule has 26 heavy (non-hydrogen) atoms. The number of carbonyl (C=O) groups is 1. The summed E-state index contributed by atoms with van der Waals surface area (Å²) in [6.07, 6.45) is 9.12. The second kappa shape index (κ2) is 8.81. The van der Waals surface area contributed by atoms with Gasteiger partial charge in [0.1, 0.15) is 0 Å². The maximum Gasteiger partial charge on any atom is 0.243 e. The molecule has 132 valence electrons. The molecule has 0 unspecified atom stereocenters. The van der Waals surface area contributed by atoms with E-state index in [2.05, 4.69) is 34.7 Å². The molecule has 0 aliphatic rings. The summed E-state index contributed by atoms with van der Waals surface area (Å²) in [5.41, 5.74) is 4.51. The zero-order chi connectivity index (χ0) is 18.2. The van der Waals surface area contributed by atoms with E-state index in [4.69, 9.17) is 0 Å². The van der Waals surface area contributed by atoms with Crippen molar-refractivity contribution in [3.05, 3.63) is 84.2 Å². The predicted octanol–water partition coefficient (Wildman–Crippen LogP) is 3.85. The van der Waals surface area contributed by atoms with Gasteiger partial charge in [-0.05, 0) is 47.2 Å². The lowest BCUT2D eigenvalue weighted by Gasteiger charge is -2.03. The average molecular weight is 345 g/mol. The molecule has 3 aromatic rings. The lowest BCUT2D eigenvalue weighted by molar-refractivity contribution is -0.116. The number of benzene rings is 2. The van der Waals surface area contributed by atoms with Crippen LogP contribution in [-0.4, -0.2) is 22.2 Å². The maximum atomic E-state index is 12.0. The Morgan fingerprint density at radius 2 is 1.92 bits per heavy atom. The largest absolute Gasteiger partial charge is 0.353 e. The van der Waals surface area contributed by atoms with Gasteiger partial charge in [0.2, 0.25) is 5.91 Å². The molecule has 3 rings (SSSR count). The van der Waals surface area contributed by atoms with E-state index in [0.29, 0.717) is 6.54 Å². The van der Waals surface area contributed by atoms with Gasteiger partial charge in [-0.2, -0.15) is 5.10 Å². The normalized spacial score (nSPS) is 11.0. The Kier molecular flexibility index (Phi) is 5.99. The second-order valence-corrected chi connectivity index (χ2v) is 6.24. The van der Waals surface area contributed by atoms with Gasteiger partial charge in [-0.15, -0.1) is 0 Å². The number of carbonyl (C=O) groups excluding carboxylic acids is 1. The molecule has 1 aromatic heterocycles. The van der Waals surface area contributed by atoms with Crippen LogP contribution in [0.1, 0.15) is 17.5 Å². The first-order valence-electron chi connectivity index (χ1n) is 8.79. The summed E-state index contributed by atoms with van der Waals surface area (Å²) in [7, 11) is 1.91. The van der Waals surface area contributed by atoms with E-state index < -0.39 is 0 Å². The van der Waals surface area contributed by atoms with Gasteiger partial charge in [0.15, 0.2) is 0 Å². The molecule has 0 aliphatic heterocycles. The van der Waals surface area contributed by atoms with Crippen molar-refractivity contribution in [1.82, 2.24) is 15.1 Å². The molecule has 0 aliphatic carbocycles. The number of nitrogens with one attached hydrogen (secondary N) is 1. The molecule has 0 radical (unpaired) electrons. The summed E-state index contributed by atoms with van der Waals surface area (Å²) >= 11 is 0. The van der Waals surface area contributed by atoms with E-state index in [9.17, 15) is 4.79 Å². The molecule has 0 saturated heterocycles. The molecule has 0 bridgehead atoms. The monoisotopic (exact) mass is 345 g/mol. The second-order valence-electron chi connectivity index (χ2n) is 6.24. The van der Waals surface area contributed by atoms with Crippen LogP contribution in [0.3, 0.4) is 0 Å². The first-order valence-corrected chi connectivity index (χ1v) is 8.79. The molecule has 0 fully saturated rings. The van der Waals surface area contributed by atoms with Gasteiger partial charge < -0.3 is 5.32 Å². The molecule has 4 heteroatoms. The van der Waals surface area contributed by atoms with E-state index in [0.717, 1.165) is 24.0 Å². The minimum absolute atomic E-state index is 0.0682. The smallest absolute Gasteiger partial charge is 0.243 e. The summed E-state index contributed by atoms with van der Waals surface area (Å²) < 4.78 is 1.79. The molecule has 1 N–H and O–H groups in total. The summed E-state index contributed by atoms with van der Waals surface area (Å²) in [5.74, 6) is -0.0682. The standard InChI is InChI=1S/C22H23N3O/c1-25-17-19(16-24-25)8-6-14-23-22(26)13-12-18-7-5-11-21(15-18)20-9-3-2-4-10-20/h2-5,7,9-13,15-17H,6,8,14H2,1H3,(H,23,26)/b13-12+. The fourth-order valence-electron chi connectivity index (χ4n) is 2.79. The number of amides is 1. The van der Waals surface area contributed by atoms with Crippen LogP contribution in [0.5, 0.6) is 0 Å². The van der Waals surface area contributed by atoms with E-state index >= 15 is 0 Å². The van der Waals surface area contributed by atoms with Gasteiger partial charge >= 0.3 is 0 Å². The van der Waals surface area contributed by atoms with Crippen LogP contribution < -0.4 is 5.32 Å². The molecule has 0 atom stereocenters. The summed E-state index contributed by atoms with van der Waals surface area (Å²) in [6.45, 7) is 0.655. The molecule has 0 spiro atoms. The number of aryl methyl sites for hydroxylation is 2. The number of rotatable bonds is 7. The first-order chi connectivity index (χ1) is 12.7. The number of nitrogens with zero attached hydrogens (tertiary/aromatic N) is 2. The highest BCUT2D eigenvalue weighted by Gasteiger charge is 2.00. The third-order valence-corrected chi connectivity index (χ3v) is 4.12. The highest BCUT2D eigenvalue weighted by molar-refractivity contribution is 5.91. The average Bonchev–Trinajstić information content (AvgIpc) is 3.10. The SMILES string of the molecule is Cn1cc(CCCNC(=O)/C=C/c2cccc(-c3ccccc3)c2)cn1. The fraction of sp³-hybridized carbons (Fsp3) is 0.182. The van der Waals surface area contributed by atoms with Crippen molar-refractivity contribution in [3.8, 4) is 11.1 Å². The van der Waals surface area contributed by atoms with Crippen LogP contribution in [0, 0.1) is 0 Å². The first kappa shape index (κ1) is 17.7. The van der Waals surface area contributed by atoms with Gasteiger partial charge in [0, 0.05) is 25.9 Å². The summed E-state index contributed by atoms with van der Waals surface area (Å²) in [5, 5.41) is 7.06. The topological polar surface area (TPSA) is 46.9 Å². The van der Waals surface area contributed by atoms with Crippen molar-refractivity contribution in [2.75, 3.05) is 6.54 Å². The van der Waals surface area contributed by atoms with Crippen molar-refractivity contribution in [3.63, 3.8) is 0 Å². The van der Waals surface area contributed by atoms with Gasteiger partial charge in [0.05, 0.1) is 6.20 Å². The van der Waals surface area contributed by atoms with Gasteiger partial charge in [-0.25, -0.2) is 0 Å². The molecule has 4 nitrogen and oxygen atoms in total. The Balaban J connectivity index is 1.49. The minimum Gasteiger partial charge on any atom is -0.353 e. The lowest BCUT2D eigenvalue weighted by atomic mass is 10.0. The molecule has 0 saturated carbocycles. The maximum absolute atomic E-state index is 12.0. The van der Waals surface area contributed by atoms with Crippen LogP contribution in [-0.2, 0) is 18.3 Å². The highest BCUT2D eigenvalue weighted by atomic mass is 16.1. The van der Waals surface area contributed by atoms with Crippen molar-refractivity contribution < 1.29 is 4.79 Å². The Bertz CT molecular complexity index is 881. The van der Waals surface area contributed by atoms with Crippen LogP contribution in [0.4, 0.5) is 0 Å². The Morgan fingerprint density at radius 1 is 1.12 bits per heavy atom. The Labute approximate surface area is 154 Å². The summed E-state index contributed by atoms with van der Waals surface area (Å²) in [6, 6.07) is 18.4.